The lowest BCUT2D eigenvalue weighted by Gasteiger charge is -2.33. The lowest BCUT2D eigenvalue weighted by molar-refractivity contribution is -0.137. The number of rotatable bonds is 4. The van der Waals surface area contributed by atoms with E-state index in [4.69, 9.17) is 5.73 Å². The van der Waals surface area contributed by atoms with Gasteiger partial charge in [-0.3, -0.25) is 4.79 Å². The van der Waals surface area contributed by atoms with E-state index in [-0.39, 0.29) is 23.7 Å². The minimum Gasteiger partial charge on any atom is -0.339 e. The fourth-order valence-corrected chi connectivity index (χ4v) is 3.15. The van der Waals surface area contributed by atoms with Gasteiger partial charge in [-0.15, -0.1) is 0 Å². The molecule has 0 bridgehead atoms. The average Bonchev–Trinajstić information content (AvgIpc) is 2.53. The first-order valence-corrected chi connectivity index (χ1v) is 7.75. The normalized spacial score (nSPS) is 23.6. The van der Waals surface area contributed by atoms with Gasteiger partial charge in [-0.25, -0.2) is 4.39 Å². The van der Waals surface area contributed by atoms with E-state index >= 15 is 0 Å². The summed E-state index contributed by atoms with van der Waals surface area (Å²) >= 11 is 0. The van der Waals surface area contributed by atoms with Crippen LogP contribution in [0, 0.1) is 17.7 Å². The number of amides is 1. The predicted molar refractivity (Wildman–Crippen MR) is 82.1 cm³/mol. The molecule has 1 amide bonds. The molecule has 1 saturated carbocycles. The Balaban J connectivity index is 2.01. The van der Waals surface area contributed by atoms with E-state index in [9.17, 15) is 9.18 Å². The molecule has 1 aromatic rings. The summed E-state index contributed by atoms with van der Waals surface area (Å²) in [6.07, 6.45) is 3.84. The number of hydrogen-bond donors (Lipinski definition) is 1. The number of halogens is 1. The van der Waals surface area contributed by atoms with Crippen LogP contribution in [0.5, 0.6) is 0 Å². The lowest BCUT2D eigenvalue weighted by atomic mass is 9.81. The van der Waals surface area contributed by atoms with Crippen LogP contribution < -0.4 is 5.73 Å². The van der Waals surface area contributed by atoms with E-state index < -0.39 is 0 Å². The molecule has 21 heavy (non-hydrogen) atoms. The standard InChI is InChI=1S/C17H25FN2O/c1-12(15-5-3-4-6-16(15)18)20(2)17(21)14-9-7-13(11-19)8-10-14/h3-6,12-14H,7-11,19H2,1-2H3. The van der Waals surface area contributed by atoms with Gasteiger partial charge in [-0.2, -0.15) is 0 Å². The first-order valence-electron chi connectivity index (χ1n) is 7.75. The van der Waals surface area contributed by atoms with Crippen molar-refractivity contribution in [3.05, 3.63) is 35.6 Å². The summed E-state index contributed by atoms with van der Waals surface area (Å²) in [6, 6.07) is 6.42. The van der Waals surface area contributed by atoms with E-state index in [0.717, 1.165) is 25.7 Å². The van der Waals surface area contributed by atoms with Crippen molar-refractivity contribution in [3.8, 4) is 0 Å². The topological polar surface area (TPSA) is 46.3 Å². The maximum absolute atomic E-state index is 13.9. The molecule has 1 aliphatic carbocycles. The molecule has 0 saturated heterocycles. The maximum Gasteiger partial charge on any atom is 0.225 e. The van der Waals surface area contributed by atoms with Crippen molar-refractivity contribution in [3.63, 3.8) is 0 Å². The van der Waals surface area contributed by atoms with Crippen LogP contribution in [0.2, 0.25) is 0 Å². The molecule has 4 heteroatoms. The van der Waals surface area contributed by atoms with Gasteiger partial charge in [-0.1, -0.05) is 18.2 Å². The van der Waals surface area contributed by atoms with Crippen LogP contribution in [0.3, 0.4) is 0 Å². The van der Waals surface area contributed by atoms with Gasteiger partial charge in [0.25, 0.3) is 0 Å². The SMILES string of the molecule is CC(c1ccccc1F)N(C)C(=O)C1CCC(CN)CC1. The van der Waals surface area contributed by atoms with Gasteiger partial charge >= 0.3 is 0 Å². The number of nitrogens with zero attached hydrogens (tertiary/aromatic N) is 1. The average molecular weight is 292 g/mol. The molecule has 1 fully saturated rings. The quantitative estimate of drug-likeness (QED) is 0.927. The van der Waals surface area contributed by atoms with Crippen molar-refractivity contribution in [1.82, 2.24) is 4.90 Å². The Morgan fingerprint density at radius 3 is 2.52 bits per heavy atom. The van der Waals surface area contributed by atoms with Gasteiger partial charge in [-0.05, 0) is 51.1 Å². The fraction of sp³-hybridized carbons (Fsp3) is 0.588. The molecular formula is C17H25FN2O. The van der Waals surface area contributed by atoms with Crippen LogP contribution >= 0.6 is 0 Å². The number of benzene rings is 1. The van der Waals surface area contributed by atoms with Crippen LogP contribution in [-0.4, -0.2) is 24.4 Å². The maximum atomic E-state index is 13.9. The smallest absolute Gasteiger partial charge is 0.225 e. The molecule has 2 rings (SSSR count). The highest BCUT2D eigenvalue weighted by Crippen LogP contribution is 2.31. The van der Waals surface area contributed by atoms with Crippen LogP contribution in [0.15, 0.2) is 24.3 Å². The van der Waals surface area contributed by atoms with Gasteiger partial charge in [0.2, 0.25) is 5.91 Å². The summed E-state index contributed by atoms with van der Waals surface area (Å²) in [4.78, 5) is 14.3. The Hall–Kier alpha value is -1.42. The Bertz CT molecular complexity index is 483. The molecule has 0 radical (unpaired) electrons. The molecule has 0 aromatic heterocycles. The fourth-order valence-electron chi connectivity index (χ4n) is 3.15. The lowest BCUT2D eigenvalue weighted by Crippen LogP contribution is -2.37. The summed E-state index contributed by atoms with van der Waals surface area (Å²) in [5, 5.41) is 0. The molecule has 1 aromatic carbocycles. The minimum absolute atomic E-state index is 0.0621. The third-order valence-corrected chi connectivity index (χ3v) is 4.81. The second kappa shape index (κ2) is 7.03. The summed E-state index contributed by atoms with van der Waals surface area (Å²) in [5.41, 5.74) is 6.26. The second-order valence-corrected chi connectivity index (χ2v) is 6.10. The van der Waals surface area contributed by atoms with Crippen LogP contribution in [-0.2, 0) is 4.79 Å². The third-order valence-electron chi connectivity index (χ3n) is 4.81. The highest BCUT2D eigenvalue weighted by Gasteiger charge is 2.30. The molecule has 116 valence electrons. The van der Waals surface area contributed by atoms with Gasteiger partial charge in [0.15, 0.2) is 0 Å². The van der Waals surface area contributed by atoms with E-state index in [1.54, 1.807) is 30.1 Å². The van der Waals surface area contributed by atoms with Crippen molar-refractivity contribution < 1.29 is 9.18 Å². The molecule has 0 aliphatic heterocycles. The Labute approximate surface area is 126 Å². The molecule has 1 unspecified atom stereocenters. The predicted octanol–water partition coefficient (Wildman–Crippen LogP) is 3.11. The van der Waals surface area contributed by atoms with Gasteiger partial charge in [0, 0.05) is 18.5 Å². The summed E-state index contributed by atoms with van der Waals surface area (Å²) in [6.45, 7) is 2.59. The van der Waals surface area contributed by atoms with E-state index in [1.807, 2.05) is 6.92 Å². The Morgan fingerprint density at radius 1 is 1.33 bits per heavy atom. The van der Waals surface area contributed by atoms with Crippen molar-refractivity contribution in [1.29, 1.82) is 0 Å². The zero-order chi connectivity index (χ0) is 15.4. The summed E-state index contributed by atoms with van der Waals surface area (Å²) in [7, 11) is 1.77. The minimum atomic E-state index is -0.253. The zero-order valence-corrected chi connectivity index (χ0v) is 12.9. The Morgan fingerprint density at radius 2 is 1.95 bits per heavy atom. The number of carbonyl (C=O) groups is 1. The number of carbonyl (C=O) groups excluding carboxylic acids is 1. The van der Waals surface area contributed by atoms with Crippen LogP contribution in [0.1, 0.15) is 44.2 Å². The van der Waals surface area contributed by atoms with Crippen molar-refractivity contribution in [2.24, 2.45) is 17.6 Å². The highest BCUT2D eigenvalue weighted by molar-refractivity contribution is 5.79. The van der Waals surface area contributed by atoms with Crippen molar-refractivity contribution >= 4 is 5.91 Å². The second-order valence-electron chi connectivity index (χ2n) is 6.10. The van der Waals surface area contributed by atoms with Gasteiger partial charge < -0.3 is 10.6 Å². The molecular weight excluding hydrogens is 267 g/mol. The number of nitrogens with two attached hydrogens (primary N) is 1. The third kappa shape index (κ3) is 3.62. The zero-order valence-electron chi connectivity index (χ0n) is 12.9. The highest BCUT2D eigenvalue weighted by atomic mass is 19.1. The molecule has 0 heterocycles. The molecule has 2 N–H and O–H groups in total. The molecule has 1 atom stereocenters. The Kier molecular flexibility index (Phi) is 5.34. The van der Waals surface area contributed by atoms with Crippen molar-refractivity contribution in [2.45, 2.75) is 38.6 Å². The summed E-state index contributed by atoms with van der Waals surface area (Å²) in [5.74, 6) is 0.494. The van der Waals surface area contributed by atoms with E-state index in [0.29, 0.717) is 18.0 Å². The first-order chi connectivity index (χ1) is 10.0. The monoisotopic (exact) mass is 292 g/mol. The van der Waals surface area contributed by atoms with Crippen LogP contribution in [0.4, 0.5) is 4.39 Å². The number of hydrogen-bond acceptors (Lipinski definition) is 2. The van der Waals surface area contributed by atoms with Gasteiger partial charge in [0.05, 0.1) is 6.04 Å². The molecule has 3 nitrogen and oxygen atoms in total. The van der Waals surface area contributed by atoms with E-state index in [2.05, 4.69) is 0 Å². The van der Waals surface area contributed by atoms with E-state index in [1.165, 1.54) is 6.07 Å². The van der Waals surface area contributed by atoms with Crippen molar-refractivity contribution in [2.75, 3.05) is 13.6 Å². The molecule has 0 spiro atoms. The largest absolute Gasteiger partial charge is 0.339 e. The van der Waals surface area contributed by atoms with Gasteiger partial charge in [0.1, 0.15) is 5.82 Å². The van der Waals surface area contributed by atoms with Crippen LogP contribution in [0.25, 0.3) is 0 Å². The summed E-state index contributed by atoms with van der Waals surface area (Å²) < 4.78 is 13.9. The first kappa shape index (κ1) is 16.0. The molecule has 1 aliphatic rings.